The van der Waals surface area contributed by atoms with Gasteiger partial charge in [-0.25, -0.2) is 0 Å². The van der Waals surface area contributed by atoms with Crippen LogP contribution < -0.4 is 5.32 Å². The first-order valence-corrected chi connectivity index (χ1v) is 5.87. The Morgan fingerprint density at radius 1 is 1.41 bits per heavy atom. The van der Waals surface area contributed by atoms with Gasteiger partial charge in [0, 0.05) is 12.6 Å². The molecule has 1 rings (SSSR count). The Morgan fingerprint density at radius 2 is 2.12 bits per heavy atom. The molecule has 0 aliphatic carbocycles. The number of rotatable bonds is 6. The first-order valence-electron chi connectivity index (χ1n) is 5.87. The average molecular weight is 233 g/mol. The van der Waals surface area contributed by atoms with Crippen molar-refractivity contribution in [2.45, 2.75) is 25.9 Å². The van der Waals surface area contributed by atoms with E-state index >= 15 is 0 Å². The van der Waals surface area contributed by atoms with Crippen LogP contribution in [0.25, 0.3) is 6.08 Å². The van der Waals surface area contributed by atoms with Crippen LogP contribution in [0.3, 0.4) is 0 Å². The Hall–Kier alpha value is -1.61. The monoisotopic (exact) mass is 233 g/mol. The van der Waals surface area contributed by atoms with Crippen molar-refractivity contribution < 1.29 is 9.90 Å². The fourth-order valence-electron chi connectivity index (χ4n) is 1.40. The van der Waals surface area contributed by atoms with Crippen LogP contribution in [0.2, 0.25) is 0 Å². The Bertz CT molecular complexity index is 358. The normalized spacial score (nSPS) is 12.6. The lowest BCUT2D eigenvalue weighted by atomic mass is 10.2. The summed E-state index contributed by atoms with van der Waals surface area (Å²) in [6.07, 6.45) is 4.51. The molecule has 1 amide bonds. The Balaban J connectivity index is 2.23. The summed E-state index contributed by atoms with van der Waals surface area (Å²) in [7, 11) is 0. The number of carbonyl (C=O) groups is 1. The van der Waals surface area contributed by atoms with Gasteiger partial charge in [0.2, 0.25) is 5.91 Å². The van der Waals surface area contributed by atoms with Crippen molar-refractivity contribution in [2.75, 3.05) is 6.54 Å². The fraction of sp³-hybridized carbons (Fsp3) is 0.357. The van der Waals surface area contributed by atoms with Gasteiger partial charge in [0.1, 0.15) is 0 Å². The van der Waals surface area contributed by atoms with Gasteiger partial charge in [-0.2, -0.15) is 0 Å². The standard InChI is InChI=1S/C14H19NO2/c1-12(16)6-5-11-15-14(17)10-9-13-7-3-2-4-8-13/h2-4,7-10,12,16H,5-6,11H2,1H3,(H,15,17)/b10-9+. The summed E-state index contributed by atoms with van der Waals surface area (Å²) in [5, 5.41) is 11.8. The lowest BCUT2D eigenvalue weighted by Gasteiger charge is -2.04. The average Bonchev–Trinajstić information content (AvgIpc) is 2.33. The molecule has 0 aliphatic rings. The molecule has 1 aromatic rings. The van der Waals surface area contributed by atoms with Gasteiger partial charge in [0.25, 0.3) is 0 Å². The van der Waals surface area contributed by atoms with Gasteiger partial charge in [-0.1, -0.05) is 30.3 Å². The van der Waals surface area contributed by atoms with Crippen LogP contribution in [-0.2, 0) is 4.79 Å². The minimum absolute atomic E-state index is 0.0977. The third kappa shape index (κ3) is 6.53. The van der Waals surface area contributed by atoms with Crippen molar-refractivity contribution in [1.29, 1.82) is 0 Å². The largest absolute Gasteiger partial charge is 0.393 e. The summed E-state index contributed by atoms with van der Waals surface area (Å²) in [5.41, 5.74) is 1.01. The van der Waals surface area contributed by atoms with E-state index < -0.39 is 0 Å². The Labute approximate surface area is 102 Å². The second-order valence-electron chi connectivity index (χ2n) is 4.03. The summed E-state index contributed by atoms with van der Waals surface area (Å²) < 4.78 is 0. The lowest BCUT2D eigenvalue weighted by Crippen LogP contribution is -2.22. The molecule has 1 atom stereocenters. The summed E-state index contributed by atoms with van der Waals surface area (Å²) in [6.45, 7) is 2.35. The molecule has 0 heterocycles. The quantitative estimate of drug-likeness (QED) is 0.583. The number of carbonyl (C=O) groups excluding carboxylic acids is 1. The van der Waals surface area contributed by atoms with E-state index in [0.717, 1.165) is 12.0 Å². The zero-order valence-corrected chi connectivity index (χ0v) is 10.1. The Kier molecular flexibility index (Phi) is 6.04. The molecule has 0 aromatic heterocycles. The number of benzene rings is 1. The van der Waals surface area contributed by atoms with Crippen molar-refractivity contribution >= 4 is 12.0 Å². The first-order chi connectivity index (χ1) is 8.18. The van der Waals surface area contributed by atoms with Crippen molar-refractivity contribution in [3.63, 3.8) is 0 Å². The van der Waals surface area contributed by atoms with Gasteiger partial charge < -0.3 is 10.4 Å². The molecule has 0 spiro atoms. The number of amides is 1. The molecule has 3 heteroatoms. The number of aliphatic hydroxyl groups is 1. The molecular weight excluding hydrogens is 214 g/mol. The highest BCUT2D eigenvalue weighted by Gasteiger charge is 1.97. The van der Waals surface area contributed by atoms with Crippen molar-refractivity contribution in [3.8, 4) is 0 Å². The maximum Gasteiger partial charge on any atom is 0.243 e. The second-order valence-corrected chi connectivity index (χ2v) is 4.03. The fourth-order valence-corrected chi connectivity index (χ4v) is 1.40. The van der Waals surface area contributed by atoms with Crippen LogP contribution in [0.15, 0.2) is 36.4 Å². The van der Waals surface area contributed by atoms with E-state index in [2.05, 4.69) is 5.32 Å². The minimum Gasteiger partial charge on any atom is -0.393 e. The zero-order chi connectivity index (χ0) is 12.5. The molecule has 1 unspecified atom stereocenters. The van der Waals surface area contributed by atoms with E-state index in [1.807, 2.05) is 30.3 Å². The number of hydrogen-bond acceptors (Lipinski definition) is 2. The first kappa shape index (κ1) is 13.5. The molecule has 0 radical (unpaired) electrons. The molecule has 2 N–H and O–H groups in total. The van der Waals surface area contributed by atoms with E-state index in [1.165, 1.54) is 6.08 Å². The Morgan fingerprint density at radius 3 is 2.76 bits per heavy atom. The predicted octanol–water partition coefficient (Wildman–Crippen LogP) is 1.98. The van der Waals surface area contributed by atoms with Crippen LogP contribution >= 0.6 is 0 Å². The maximum atomic E-state index is 11.4. The molecule has 0 aliphatic heterocycles. The van der Waals surface area contributed by atoms with Crippen LogP contribution in [0.5, 0.6) is 0 Å². The number of aliphatic hydroxyl groups excluding tert-OH is 1. The van der Waals surface area contributed by atoms with E-state index in [9.17, 15) is 4.79 Å². The van der Waals surface area contributed by atoms with Crippen LogP contribution in [0.1, 0.15) is 25.3 Å². The van der Waals surface area contributed by atoms with Crippen LogP contribution in [-0.4, -0.2) is 23.7 Å². The van der Waals surface area contributed by atoms with Gasteiger partial charge in [-0.05, 0) is 31.4 Å². The number of nitrogens with one attached hydrogen (secondary N) is 1. The summed E-state index contributed by atoms with van der Waals surface area (Å²) in [4.78, 5) is 11.4. The zero-order valence-electron chi connectivity index (χ0n) is 10.1. The summed E-state index contributed by atoms with van der Waals surface area (Å²) in [6, 6.07) is 9.68. The topological polar surface area (TPSA) is 49.3 Å². The third-order valence-electron chi connectivity index (χ3n) is 2.32. The highest BCUT2D eigenvalue weighted by molar-refractivity contribution is 5.91. The summed E-state index contributed by atoms with van der Waals surface area (Å²) in [5.74, 6) is -0.0977. The molecule has 0 fully saturated rings. The number of hydrogen-bond donors (Lipinski definition) is 2. The van der Waals surface area contributed by atoms with Crippen molar-refractivity contribution in [1.82, 2.24) is 5.32 Å². The van der Waals surface area contributed by atoms with E-state index in [4.69, 9.17) is 5.11 Å². The third-order valence-corrected chi connectivity index (χ3v) is 2.32. The molecule has 17 heavy (non-hydrogen) atoms. The second kappa shape index (κ2) is 7.63. The molecule has 3 nitrogen and oxygen atoms in total. The highest BCUT2D eigenvalue weighted by atomic mass is 16.3. The van der Waals surface area contributed by atoms with Crippen LogP contribution in [0.4, 0.5) is 0 Å². The van der Waals surface area contributed by atoms with E-state index in [0.29, 0.717) is 13.0 Å². The summed E-state index contributed by atoms with van der Waals surface area (Å²) >= 11 is 0. The van der Waals surface area contributed by atoms with Gasteiger partial charge in [-0.3, -0.25) is 4.79 Å². The molecule has 0 saturated carbocycles. The van der Waals surface area contributed by atoms with Gasteiger partial charge >= 0.3 is 0 Å². The van der Waals surface area contributed by atoms with Crippen molar-refractivity contribution in [3.05, 3.63) is 42.0 Å². The van der Waals surface area contributed by atoms with E-state index in [-0.39, 0.29) is 12.0 Å². The molecule has 92 valence electrons. The van der Waals surface area contributed by atoms with Crippen LogP contribution in [0, 0.1) is 0 Å². The molecule has 0 saturated heterocycles. The molecular formula is C14H19NO2. The molecule has 1 aromatic carbocycles. The van der Waals surface area contributed by atoms with Gasteiger partial charge in [0.15, 0.2) is 0 Å². The highest BCUT2D eigenvalue weighted by Crippen LogP contribution is 2.00. The predicted molar refractivity (Wildman–Crippen MR) is 69.4 cm³/mol. The van der Waals surface area contributed by atoms with Gasteiger partial charge in [-0.15, -0.1) is 0 Å². The minimum atomic E-state index is -0.299. The van der Waals surface area contributed by atoms with Crippen molar-refractivity contribution in [2.24, 2.45) is 0 Å². The molecule has 0 bridgehead atoms. The SMILES string of the molecule is CC(O)CCCNC(=O)/C=C/c1ccccc1. The lowest BCUT2D eigenvalue weighted by molar-refractivity contribution is -0.116. The van der Waals surface area contributed by atoms with E-state index in [1.54, 1.807) is 13.0 Å². The smallest absolute Gasteiger partial charge is 0.243 e. The maximum absolute atomic E-state index is 11.4. The van der Waals surface area contributed by atoms with Gasteiger partial charge in [0.05, 0.1) is 6.10 Å².